The molecule has 0 saturated heterocycles. The van der Waals surface area contributed by atoms with E-state index in [-0.39, 0.29) is 76.0 Å². The fourth-order valence-electron chi connectivity index (χ4n) is 14.4. The average Bonchev–Trinajstić information content (AvgIpc) is 1.73. The summed E-state index contributed by atoms with van der Waals surface area (Å²) in [7, 11) is -6.91. The van der Waals surface area contributed by atoms with Gasteiger partial charge in [0.25, 0.3) is 0 Å². The first-order chi connectivity index (χ1) is 42.6. The minimum atomic E-state index is -3.36. The van der Waals surface area contributed by atoms with Gasteiger partial charge >= 0.3 is 35.2 Å². The first kappa shape index (κ1) is 89.3. The molecule has 0 heterocycles. The van der Waals surface area contributed by atoms with E-state index in [9.17, 15) is 0 Å². The van der Waals surface area contributed by atoms with Crippen LogP contribution in [0.5, 0.6) is 0 Å². The quantitative estimate of drug-likeness (QED) is 0.0128. The number of rotatable bonds is 54. The fourth-order valence-corrected chi connectivity index (χ4v) is 35.9. The van der Waals surface area contributed by atoms with Gasteiger partial charge in [-0.1, -0.05) is 62.1 Å². The minimum absolute atomic E-state index is 0.0307. The second-order valence-corrected chi connectivity index (χ2v) is 45.1. The van der Waals surface area contributed by atoms with E-state index < -0.39 is 35.2 Å². The second-order valence-electron chi connectivity index (χ2n) is 24.0. The molecule has 0 aromatic heterocycles. The largest absolute Gasteiger partial charge is 0.504 e. The lowest BCUT2D eigenvalue weighted by Gasteiger charge is -2.49. The first-order valence-corrected chi connectivity index (χ1v) is 49.8. The summed E-state index contributed by atoms with van der Waals surface area (Å²) in [6, 6.07) is 0. The smallest absolute Gasteiger partial charge is 0.374 e. The van der Waals surface area contributed by atoms with Crippen molar-refractivity contribution in [3.05, 3.63) is 0 Å². The van der Waals surface area contributed by atoms with Gasteiger partial charge in [0.2, 0.25) is 0 Å². The summed E-state index contributed by atoms with van der Waals surface area (Å²) in [4.78, 5) is 0. The highest BCUT2D eigenvalue weighted by molar-refractivity contribution is 9.09. The molecule has 0 aromatic rings. The molecule has 12 nitrogen and oxygen atoms in total. The maximum atomic E-state index is 6.97. The van der Waals surface area contributed by atoms with Gasteiger partial charge in [-0.05, 0) is 205 Å². The summed E-state index contributed by atoms with van der Waals surface area (Å²) in [5.41, 5.74) is 0.127. The van der Waals surface area contributed by atoms with Crippen LogP contribution >= 0.6 is 132 Å². The third-order valence-electron chi connectivity index (χ3n) is 18.5. The zero-order valence-corrected chi connectivity index (χ0v) is 71.5. The number of hydrogen-bond donors (Lipinski definition) is 8. The molecule has 0 radical (unpaired) electrons. The van der Waals surface area contributed by atoms with Crippen molar-refractivity contribution >= 4 is 168 Å². The zero-order chi connectivity index (χ0) is 66.8. The van der Waals surface area contributed by atoms with E-state index in [2.05, 4.69) is 111 Å². The molecule has 27 heteroatoms. The van der Waals surface area contributed by atoms with Crippen LogP contribution in [0.25, 0.3) is 0 Å². The molecule has 532 valence electrons. The highest BCUT2D eigenvalue weighted by Crippen LogP contribution is 2.57. The number of thiol groups is 8. The molecule has 2 saturated carbocycles. The van der Waals surface area contributed by atoms with Gasteiger partial charge in [-0.25, -0.2) is 0 Å². The van der Waals surface area contributed by atoms with Crippen molar-refractivity contribution < 1.29 is 53.1 Å². The summed E-state index contributed by atoms with van der Waals surface area (Å²) in [5, 5.41) is -0.341. The van der Waals surface area contributed by atoms with Crippen molar-refractivity contribution in [2.45, 2.75) is 265 Å². The van der Waals surface area contributed by atoms with Gasteiger partial charge in [-0.3, -0.25) is 0 Å². The Morgan fingerprint density at radius 2 is 0.596 bits per heavy atom. The van der Waals surface area contributed by atoms with E-state index in [1.807, 2.05) is 31.4 Å². The summed E-state index contributed by atoms with van der Waals surface area (Å²) in [5.74, 6) is 3.86. The maximum Gasteiger partial charge on any atom is 0.504 e. The zero-order valence-electron chi connectivity index (χ0n) is 57.9. The Morgan fingerprint density at radius 3 is 0.843 bits per heavy atom. The second kappa shape index (κ2) is 49.0. The van der Waals surface area contributed by atoms with Gasteiger partial charge in [0, 0.05) is 155 Å². The topological polar surface area (TPSA) is 111 Å². The van der Waals surface area contributed by atoms with Gasteiger partial charge < -0.3 is 53.1 Å². The Hall–Kier alpha value is 4.24. The summed E-state index contributed by atoms with van der Waals surface area (Å²) in [6.45, 7) is 40.0. The SMILES string of the molecule is CCCC(S)C(S)C(S)C(S)CC(C1CC(C(C)[Si](OCC)(OCC)OCC)CCC1CCSSSCCC1CCC(C(C)[Si](OCC)(OCC)OCC)CC1C(CC(S)C(S)C(S)C(S)CCC)[Si](OCC)(OCC)OCC)[Si](OCC)(OCC)OCC. The fraction of sp³-hybridized carbons (Fsp3) is 1.00. The Kier molecular flexibility index (Phi) is 49.1. The van der Waals surface area contributed by atoms with E-state index in [0.29, 0.717) is 103 Å². The molecule has 0 bridgehead atoms. The molecule has 18 unspecified atom stereocenters. The van der Waals surface area contributed by atoms with Crippen LogP contribution in [-0.4, -0.2) is 168 Å². The average molecular weight is 1530 g/mol. The lowest BCUT2D eigenvalue weighted by atomic mass is 9.70. The van der Waals surface area contributed by atoms with E-state index in [4.69, 9.17) is 154 Å². The molecule has 89 heavy (non-hydrogen) atoms. The van der Waals surface area contributed by atoms with Crippen LogP contribution in [0.3, 0.4) is 0 Å². The number of hydrogen-bond acceptors (Lipinski definition) is 23. The Balaban J connectivity index is 2.70. The van der Waals surface area contributed by atoms with Gasteiger partial charge in [-0.15, -0.1) is 0 Å². The molecule has 0 aliphatic heterocycles. The molecule has 0 aromatic carbocycles. The van der Waals surface area contributed by atoms with Crippen LogP contribution in [-0.2, 0) is 53.1 Å². The van der Waals surface area contributed by atoms with Crippen LogP contribution in [0.4, 0.5) is 0 Å². The van der Waals surface area contributed by atoms with Gasteiger partial charge in [0.05, 0.1) is 0 Å². The lowest BCUT2D eigenvalue weighted by Crippen LogP contribution is -2.56. The van der Waals surface area contributed by atoms with Crippen LogP contribution in [0.15, 0.2) is 0 Å². The van der Waals surface area contributed by atoms with Crippen molar-refractivity contribution in [2.24, 2.45) is 35.5 Å². The van der Waals surface area contributed by atoms with Crippen LogP contribution in [0.1, 0.15) is 201 Å². The normalized spacial score (nSPS) is 24.1. The molecule has 0 amide bonds. The standard InChI is InChI=1S/C62H130O12S11Si4/c1-17-31-53(75)59(79)61(81)55(77)43-57(88(69-25-9,70-26-10)71-27-11)51-41-49(45(15)86(63-19-3,64-20-4)65-21-5)35-33-47(51)37-39-83-85-84-40-38-48-34-36-50(46(16)87(66-22-6,67-23-7)68-24-8)42-52(48)58(89(72-28-12,73-29-13)74-30-14)44-56(78)62(82)60(80)54(76)32-18-2/h45-62,75-82H,17-44H2,1-16H3. The Morgan fingerprint density at radius 1 is 0.348 bits per heavy atom. The summed E-state index contributed by atoms with van der Waals surface area (Å²) >= 11 is 41.8. The van der Waals surface area contributed by atoms with Crippen molar-refractivity contribution in [1.29, 1.82) is 0 Å². The molecule has 0 N–H and O–H groups in total. The van der Waals surface area contributed by atoms with Crippen molar-refractivity contribution in [3.63, 3.8) is 0 Å². The lowest BCUT2D eigenvalue weighted by molar-refractivity contribution is 0.0264. The highest BCUT2D eigenvalue weighted by Gasteiger charge is 2.60. The van der Waals surface area contributed by atoms with E-state index >= 15 is 0 Å². The van der Waals surface area contributed by atoms with Crippen molar-refractivity contribution in [2.75, 3.05) is 90.8 Å². The molecule has 2 aliphatic carbocycles. The van der Waals surface area contributed by atoms with Crippen molar-refractivity contribution in [1.82, 2.24) is 0 Å². The van der Waals surface area contributed by atoms with Crippen molar-refractivity contribution in [3.8, 4) is 0 Å². The van der Waals surface area contributed by atoms with Gasteiger partial charge in [0.1, 0.15) is 0 Å². The Bertz CT molecular complexity index is 1600. The Labute approximate surface area is 606 Å². The minimum Gasteiger partial charge on any atom is -0.374 e. The van der Waals surface area contributed by atoms with E-state index in [1.54, 1.807) is 0 Å². The third kappa shape index (κ3) is 27.2. The summed E-state index contributed by atoms with van der Waals surface area (Å²) < 4.78 is 81.7. The summed E-state index contributed by atoms with van der Waals surface area (Å²) in [6.07, 6.45) is 13.7. The monoisotopic (exact) mass is 1530 g/mol. The predicted molar refractivity (Wildman–Crippen MR) is 421 cm³/mol. The van der Waals surface area contributed by atoms with Crippen LogP contribution in [0, 0.1) is 35.5 Å². The van der Waals surface area contributed by atoms with E-state index in [0.717, 1.165) is 101 Å². The molecule has 2 aliphatic rings. The van der Waals surface area contributed by atoms with Crippen LogP contribution < -0.4 is 0 Å². The molecular weight excluding hydrogens is 1400 g/mol. The van der Waals surface area contributed by atoms with E-state index in [1.165, 1.54) is 0 Å². The van der Waals surface area contributed by atoms with Gasteiger partial charge in [0.15, 0.2) is 0 Å². The highest BCUT2D eigenvalue weighted by atomic mass is 33.5. The molecule has 2 fully saturated rings. The maximum absolute atomic E-state index is 6.97. The van der Waals surface area contributed by atoms with Gasteiger partial charge in [-0.2, -0.15) is 101 Å². The first-order valence-electron chi connectivity index (χ1n) is 34.6. The molecular formula is C62H130O12S11Si4. The van der Waals surface area contributed by atoms with Crippen LogP contribution in [0.2, 0.25) is 22.2 Å². The predicted octanol–water partition coefficient (Wildman–Crippen LogP) is 18.3. The molecule has 18 atom stereocenters. The third-order valence-corrected chi connectivity index (χ3v) is 43.7. The molecule has 2 rings (SSSR count). The molecule has 0 spiro atoms.